The number of methoxy groups -OCH3 is 2. The van der Waals surface area contributed by atoms with Crippen LogP contribution in [0.4, 0.5) is 5.69 Å². The average Bonchev–Trinajstić information content (AvgIpc) is 3.13. The van der Waals surface area contributed by atoms with Gasteiger partial charge in [-0.05, 0) is 65.4 Å². The number of hydrogen-bond donors (Lipinski definition) is 1. The highest BCUT2D eigenvalue weighted by Gasteiger charge is 2.47. The zero-order valence-electron chi connectivity index (χ0n) is 21.5. The van der Waals surface area contributed by atoms with Gasteiger partial charge in [0.05, 0.1) is 31.4 Å². The SMILES string of the molecule is COc1cccc(C2/C(=C(\O)c3cc(C(C)(C)C)ccc3OC)C(=O)C(=O)N2c2cccc(C)c2)c1. The number of aliphatic hydroxyl groups excluding tert-OH is 1. The number of aryl methyl sites for hydroxylation is 1. The molecule has 0 aliphatic carbocycles. The predicted molar refractivity (Wildman–Crippen MR) is 141 cm³/mol. The molecule has 1 amide bonds. The lowest BCUT2D eigenvalue weighted by atomic mass is 9.85. The van der Waals surface area contributed by atoms with Crippen molar-refractivity contribution in [1.82, 2.24) is 0 Å². The first-order chi connectivity index (χ1) is 17.1. The lowest BCUT2D eigenvalue weighted by Gasteiger charge is -2.26. The fraction of sp³-hybridized carbons (Fsp3) is 0.267. The van der Waals surface area contributed by atoms with E-state index in [0.29, 0.717) is 28.3 Å². The standard InChI is InChI=1S/C30H31NO5/c1-18-9-7-11-21(15-18)31-26(19-10-8-12-22(16-19)35-5)25(28(33)29(31)34)27(32)23-17-20(30(2,3)4)13-14-24(23)36-6/h7-17,26,32H,1-6H3/b27-25+. The highest BCUT2D eigenvalue weighted by Crippen LogP contribution is 2.44. The Bertz CT molecular complexity index is 1370. The fourth-order valence-corrected chi connectivity index (χ4v) is 4.51. The lowest BCUT2D eigenvalue weighted by Crippen LogP contribution is -2.29. The average molecular weight is 486 g/mol. The summed E-state index contributed by atoms with van der Waals surface area (Å²) in [5, 5.41) is 11.7. The third-order valence-corrected chi connectivity index (χ3v) is 6.45. The summed E-state index contributed by atoms with van der Waals surface area (Å²) in [6, 6.07) is 19.2. The van der Waals surface area contributed by atoms with E-state index >= 15 is 0 Å². The van der Waals surface area contributed by atoms with E-state index in [0.717, 1.165) is 11.1 Å². The summed E-state index contributed by atoms with van der Waals surface area (Å²) in [5.74, 6) is -0.758. The predicted octanol–water partition coefficient (Wildman–Crippen LogP) is 5.94. The number of carbonyl (C=O) groups is 2. The van der Waals surface area contributed by atoms with E-state index in [9.17, 15) is 14.7 Å². The number of carbonyl (C=O) groups excluding carboxylic acids is 2. The number of hydrogen-bond acceptors (Lipinski definition) is 5. The van der Waals surface area contributed by atoms with Gasteiger partial charge in [-0.2, -0.15) is 0 Å². The summed E-state index contributed by atoms with van der Waals surface area (Å²) >= 11 is 0. The van der Waals surface area contributed by atoms with Crippen LogP contribution in [0.3, 0.4) is 0 Å². The third-order valence-electron chi connectivity index (χ3n) is 6.45. The van der Waals surface area contributed by atoms with Gasteiger partial charge in [0.2, 0.25) is 0 Å². The number of ether oxygens (including phenoxy) is 2. The van der Waals surface area contributed by atoms with Crippen molar-refractivity contribution in [2.24, 2.45) is 0 Å². The van der Waals surface area contributed by atoms with Gasteiger partial charge in [0, 0.05) is 5.69 Å². The van der Waals surface area contributed by atoms with Gasteiger partial charge >= 0.3 is 0 Å². The van der Waals surface area contributed by atoms with E-state index in [-0.39, 0.29) is 16.7 Å². The molecule has 0 spiro atoms. The van der Waals surface area contributed by atoms with Crippen LogP contribution in [0.15, 0.2) is 72.3 Å². The second-order valence-corrected chi connectivity index (χ2v) is 9.95. The smallest absolute Gasteiger partial charge is 0.300 e. The van der Waals surface area contributed by atoms with Crippen LogP contribution in [-0.2, 0) is 15.0 Å². The Morgan fingerprint density at radius 2 is 1.64 bits per heavy atom. The molecule has 0 bridgehead atoms. The van der Waals surface area contributed by atoms with Crippen LogP contribution in [0.1, 0.15) is 49.1 Å². The molecule has 1 heterocycles. The van der Waals surface area contributed by atoms with Gasteiger partial charge in [0.25, 0.3) is 11.7 Å². The molecule has 6 heteroatoms. The van der Waals surface area contributed by atoms with Crippen LogP contribution in [-0.4, -0.2) is 31.0 Å². The first-order valence-electron chi connectivity index (χ1n) is 11.8. The van der Waals surface area contributed by atoms with Gasteiger partial charge < -0.3 is 14.6 Å². The molecule has 1 unspecified atom stereocenters. The molecule has 1 N–H and O–H groups in total. The minimum absolute atomic E-state index is 0.000816. The first-order valence-corrected chi connectivity index (χ1v) is 11.8. The molecule has 1 fully saturated rings. The number of rotatable bonds is 5. The second-order valence-electron chi connectivity index (χ2n) is 9.95. The number of ketones is 1. The molecular weight excluding hydrogens is 454 g/mol. The molecule has 1 atom stereocenters. The summed E-state index contributed by atoms with van der Waals surface area (Å²) in [7, 11) is 3.06. The van der Waals surface area contributed by atoms with Crippen molar-refractivity contribution in [2.75, 3.05) is 19.1 Å². The number of aliphatic hydroxyl groups is 1. The second kappa shape index (κ2) is 9.53. The number of benzene rings is 3. The van der Waals surface area contributed by atoms with Crippen molar-refractivity contribution >= 4 is 23.1 Å². The Hall–Kier alpha value is -4.06. The zero-order chi connectivity index (χ0) is 26.2. The van der Waals surface area contributed by atoms with Crippen molar-refractivity contribution in [2.45, 2.75) is 39.2 Å². The highest BCUT2D eigenvalue weighted by atomic mass is 16.5. The Morgan fingerprint density at radius 3 is 2.28 bits per heavy atom. The topological polar surface area (TPSA) is 76.1 Å². The quantitative estimate of drug-likeness (QED) is 0.275. The molecule has 6 nitrogen and oxygen atoms in total. The molecular formula is C30H31NO5. The van der Waals surface area contributed by atoms with Gasteiger partial charge in [-0.15, -0.1) is 0 Å². The normalized spacial score (nSPS) is 17.4. The molecule has 36 heavy (non-hydrogen) atoms. The Morgan fingerprint density at radius 1 is 0.917 bits per heavy atom. The highest BCUT2D eigenvalue weighted by molar-refractivity contribution is 6.51. The first kappa shape index (κ1) is 25.0. The molecule has 0 aromatic heterocycles. The van der Waals surface area contributed by atoms with E-state index in [1.54, 1.807) is 37.4 Å². The lowest BCUT2D eigenvalue weighted by molar-refractivity contribution is -0.132. The van der Waals surface area contributed by atoms with Crippen LogP contribution in [0.5, 0.6) is 11.5 Å². The van der Waals surface area contributed by atoms with Crippen molar-refractivity contribution in [1.29, 1.82) is 0 Å². The van der Waals surface area contributed by atoms with Gasteiger partial charge in [-0.3, -0.25) is 14.5 Å². The monoisotopic (exact) mass is 485 g/mol. The molecule has 0 saturated carbocycles. The Labute approximate surface area is 211 Å². The molecule has 0 radical (unpaired) electrons. The number of amides is 1. The summed E-state index contributed by atoms with van der Waals surface area (Å²) in [6.45, 7) is 8.10. The Balaban J connectivity index is 2.01. The van der Waals surface area contributed by atoms with Crippen LogP contribution in [0.2, 0.25) is 0 Å². The van der Waals surface area contributed by atoms with Crippen LogP contribution >= 0.6 is 0 Å². The number of anilines is 1. The molecule has 186 valence electrons. The van der Waals surface area contributed by atoms with Gasteiger partial charge in [-0.25, -0.2) is 0 Å². The summed E-state index contributed by atoms with van der Waals surface area (Å²) in [4.78, 5) is 28.4. The minimum atomic E-state index is -0.857. The van der Waals surface area contributed by atoms with Crippen molar-refractivity contribution in [3.63, 3.8) is 0 Å². The van der Waals surface area contributed by atoms with Crippen LogP contribution in [0, 0.1) is 6.92 Å². The van der Waals surface area contributed by atoms with E-state index in [4.69, 9.17) is 9.47 Å². The van der Waals surface area contributed by atoms with E-state index in [2.05, 4.69) is 20.8 Å². The minimum Gasteiger partial charge on any atom is -0.507 e. The van der Waals surface area contributed by atoms with E-state index in [1.807, 2.05) is 43.3 Å². The maximum absolute atomic E-state index is 13.5. The largest absolute Gasteiger partial charge is 0.507 e. The van der Waals surface area contributed by atoms with Crippen molar-refractivity contribution in [3.05, 3.63) is 94.6 Å². The number of Topliss-reactive ketones (excluding diaryl/α,β-unsaturated/α-hetero) is 1. The summed E-state index contributed by atoms with van der Waals surface area (Å²) in [5.41, 5.74) is 3.26. The molecule has 1 saturated heterocycles. The van der Waals surface area contributed by atoms with Crippen molar-refractivity contribution < 1.29 is 24.2 Å². The van der Waals surface area contributed by atoms with Crippen LogP contribution in [0.25, 0.3) is 5.76 Å². The van der Waals surface area contributed by atoms with Gasteiger partial charge in [-0.1, -0.05) is 51.1 Å². The third kappa shape index (κ3) is 4.47. The maximum atomic E-state index is 13.5. The molecule has 1 aliphatic heterocycles. The van der Waals surface area contributed by atoms with Gasteiger partial charge in [0.1, 0.15) is 17.3 Å². The van der Waals surface area contributed by atoms with Gasteiger partial charge in [0.15, 0.2) is 0 Å². The number of nitrogens with zero attached hydrogens (tertiary/aromatic N) is 1. The van der Waals surface area contributed by atoms with Crippen molar-refractivity contribution in [3.8, 4) is 11.5 Å². The molecule has 3 aromatic carbocycles. The van der Waals surface area contributed by atoms with E-state index in [1.165, 1.54) is 12.0 Å². The molecule has 3 aromatic rings. The van der Waals surface area contributed by atoms with E-state index < -0.39 is 17.7 Å². The van der Waals surface area contributed by atoms with Crippen LogP contribution < -0.4 is 14.4 Å². The fourth-order valence-electron chi connectivity index (χ4n) is 4.51. The molecule has 1 aliphatic rings. The maximum Gasteiger partial charge on any atom is 0.300 e. The summed E-state index contributed by atoms with van der Waals surface area (Å²) < 4.78 is 10.9. The molecule has 4 rings (SSSR count). The summed E-state index contributed by atoms with van der Waals surface area (Å²) in [6.07, 6.45) is 0. The zero-order valence-corrected chi connectivity index (χ0v) is 21.5. The Kier molecular flexibility index (Phi) is 6.63.